The van der Waals surface area contributed by atoms with E-state index in [2.05, 4.69) is 4.90 Å². The molecule has 4 N–H and O–H groups in total. The molecule has 0 saturated carbocycles. The van der Waals surface area contributed by atoms with Gasteiger partial charge in [-0.15, -0.1) is 0 Å². The highest BCUT2D eigenvalue weighted by Crippen LogP contribution is 2.18. The first kappa shape index (κ1) is 23.0. The Hall–Kier alpha value is -0.0231. The van der Waals surface area contributed by atoms with E-state index in [1.807, 2.05) is 20.8 Å². The molecule has 0 aromatic rings. The Kier molecular flexibility index (Phi) is 15.5. The molecule has 0 aliphatic rings. The molecule has 0 fully saturated rings. The molecule has 0 aliphatic heterocycles. The molecule has 140 valence electrons. The average Bonchev–Trinajstić information content (AvgIpc) is 2.53. The Bertz CT molecular complexity index is 244. The van der Waals surface area contributed by atoms with Gasteiger partial charge in [0.15, 0.2) is 0 Å². The summed E-state index contributed by atoms with van der Waals surface area (Å²) in [5.74, 6) is 0. The standard InChI is InChI=1S/C16H39N3O3Si/c1-4-20-23(21-5-2,22-6-3)16-10-15-19(14-9-12-18)13-8-7-11-17/h4-18H2,1-3H3. The van der Waals surface area contributed by atoms with Crippen molar-refractivity contribution in [2.45, 2.75) is 52.5 Å². The van der Waals surface area contributed by atoms with E-state index in [4.69, 9.17) is 24.7 Å². The molecule has 0 spiro atoms. The molecule has 0 atom stereocenters. The minimum atomic E-state index is -2.50. The Labute approximate surface area is 144 Å². The maximum absolute atomic E-state index is 5.91. The molecule has 0 aromatic heterocycles. The molecule has 0 radical (unpaired) electrons. The maximum atomic E-state index is 5.91. The summed E-state index contributed by atoms with van der Waals surface area (Å²) in [5, 5.41) is 0. The van der Waals surface area contributed by atoms with Crippen LogP contribution in [0.2, 0.25) is 6.04 Å². The van der Waals surface area contributed by atoms with Crippen molar-refractivity contribution < 1.29 is 13.3 Å². The molecule has 0 amide bonds. The zero-order chi connectivity index (χ0) is 17.4. The van der Waals surface area contributed by atoms with Gasteiger partial charge in [0.1, 0.15) is 0 Å². The van der Waals surface area contributed by atoms with Crippen LogP contribution in [0, 0.1) is 0 Å². The van der Waals surface area contributed by atoms with Crippen LogP contribution in [-0.4, -0.2) is 66.2 Å². The Morgan fingerprint density at radius 3 is 1.65 bits per heavy atom. The molecule has 23 heavy (non-hydrogen) atoms. The van der Waals surface area contributed by atoms with Crippen molar-refractivity contribution in [2.24, 2.45) is 11.5 Å². The summed E-state index contributed by atoms with van der Waals surface area (Å²) in [6.45, 7) is 12.6. The van der Waals surface area contributed by atoms with Crippen LogP contribution in [0.5, 0.6) is 0 Å². The SMILES string of the molecule is CCO[Si](CCCN(CCCN)CCCCN)(OCC)OCC. The smallest absolute Gasteiger partial charge is 0.374 e. The van der Waals surface area contributed by atoms with Crippen molar-refractivity contribution >= 4 is 8.80 Å². The van der Waals surface area contributed by atoms with Crippen molar-refractivity contribution in [3.63, 3.8) is 0 Å². The van der Waals surface area contributed by atoms with Gasteiger partial charge < -0.3 is 29.6 Å². The number of nitrogens with two attached hydrogens (primary N) is 2. The highest BCUT2D eigenvalue weighted by Gasteiger charge is 2.39. The van der Waals surface area contributed by atoms with E-state index in [-0.39, 0.29) is 0 Å². The molecule has 0 heterocycles. The van der Waals surface area contributed by atoms with Crippen molar-refractivity contribution in [3.05, 3.63) is 0 Å². The van der Waals surface area contributed by atoms with E-state index < -0.39 is 8.80 Å². The van der Waals surface area contributed by atoms with E-state index in [1.165, 1.54) is 0 Å². The quantitative estimate of drug-likeness (QED) is 0.308. The molecule has 0 bridgehead atoms. The van der Waals surface area contributed by atoms with E-state index in [0.717, 1.165) is 64.5 Å². The van der Waals surface area contributed by atoms with Gasteiger partial charge in [-0.2, -0.15) is 0 Å². The van der Waals surface area contributed by atoms with Gasteiger partial charge in [0, 0.05) is 25.9 Å². The largest absolute Gasteiger partial charge is 0.500 e. The van der Waals surface area contributed by atoms with E-state index in [9.17, 15) is 0 Å². The second kappa shape index (κ2) is 15.5. The fraction of sp³-hybridized carbons (Fsp3) is 1.00. The maximum Gasteiger partial charge on any atom is 0.500 e. The Balaban J connectivity index is 4.40. The molecule has 0 unspecified atom stereocenters. The first-order valence-corrected chi connectivity index (χ1v) is 11.2. The Morgan fingerprint density at radius 1 is 0.696 bits per heavy atom. The summed E-state index contributed by atoms with van der Waals surface area (Å²) >= 11 is 0. The second-order valence-corrected chi connectivity index (χ2v) is 8.30. The number of hydrogen-bond acceptors (Lipinski definition) is 6. The van der Waals surface area contributed by atoms with Crippen LogP contribution in [0.25, 0.3) is 0 Å². The number of hydrogen-bond donors (Lipinski definition) is 2. The third-order valence-corrected chi connectivity index (χ3v) is 6.81. The van der Waals surface area contributed by atoms with Crippen molar-refractivity contribution in [1.29, 1.82) is 0 Å². The average molecular weight is 350 g/mol. The predicted molar refractivity (Wildman–Crippen MR) is 98.5 cm³/mol. The van der Waals surface area contributed by atoms with Gasteiger partial charge in [0.2, 0.25) is 0 Å². The zero-order valence-corrected chi connectivity index (χ0v) is 16.5. The van der Waals surface area contributed by atoms with Gasteiger partial charge in [0.25, 0.3) is 0 Å². The molecular weight excluding hydrogens is 310 g/mol. The topological polar surface area (TPSA) is 83.0 Å². The summed E-state index contributed by atoms with van der Waals surface area (Å²) in [6, 6.07) is 0.874. The summed E-state index contributed by atoms with van der Waals surface area (Å²) in [6.07, 6.45) is 4.29. The lowest BCUT2D eigenvalue weighted by Crippen LogP contribution is -2.46. The van der Waals surface area contributed by atoms with E-state index >= 15 is 0 Å². The summed E-state index contributed by atoms with van der Waals surface area (Å²) in [4.78, 5) is 2.48. The van der Waals surface area contributed by atoms with Crippen LogP contribution >= 0.6 is 0 Å². The van der Waals surface area contributed by atoms with Crippen LogP contribution < -0.4 is 11.5 Å². The normalized spacial score (nSPS) is 12.3. The summed E-state index contributed by atoms with van der Waals surface area (Å²) in [5.41, 5.74) is 11.2. The van der Waals surface area contributed by atoms with Crippen LogP contribution in [0.4, 0.5) is 0 Å². The van der Waals surface area contributed by atoms with Crippen LogP contribution in [-0.2, 0) is 13.3 Å². The number of unbranched alkanes of at least 4 members (excludes halogenated alkanes) is 1. The van der Waals surface area contributed by atoms with E-state index in [1.54, 1.807) is 0 Å². The van der Waals surface area contributed by atoms with Crippen molar-refractivity contribution in [1.82, 2.24) is 4.90 Å². The molecule has 0 saturated heterocycles. The number of nitrogens with zero attached hydrogens (tertiary/aromatic N) is 1. The third-order valence-electron chi connectivity index (χ3n) is 3.66. The fourth-order valence-corrected chi connectivity index (χ4v) is 5.24. The second-order valence-electron chi connectivity index (χ2n) is 5.57. The van der Waals surface area contributed by atoms with Gasteiger partial charge in [-0.05, 0) is 79.2 Å². The molecular formula is C16H39N3O3Si. The van der Waals surface area contributed by atoms with Gasteiger partial charge in [0.05, 0.1) is 0 Å². The van der Waals surface area contributed by atoms with Gasteiger partial charge in [-0.3, -0.25) is 0 Å². The molecule has 0 rings (SSSR count). The lowest BCUT2D eigenvalue weighted by atomic mass is 10.2. The lowest BCUT2D eigenvalue weighted by molar-refractivity contribution is 0.0698. The van der Waals surface area contributed by atoms with Gasteiger partial charge >= 0.3 is 8.80 Å². The molecule has 6 nitrogen and oxygen atoms in total. The molecule has 0 aliphatic carbocycles. The lowest BCUT2D eigenvalue weighted by Gasteiger charge is -2.29. The minimum Gasteiger partial charge on any atom is -0.374 e. The van der Waals surface area contributed by atoms with Crippen LogP contribution in [0.1, 0.15) is 46.5 Å². The number of rotatable bonds is 17. The first-order valence-electron chi connectivity index (χ1n) is 9.22. The Morgan fingerprint density at radius 2 is 1.17 bits per heavy atom. The first-order chi connectivity index (χ1) is 11.2. The molecule has 0 aromatic carbocycles. The van der Waals surface area contributed by atoms with Crippen molar-refractivity contribution in [2.75, 3.05) is 52.5 Å². The van der Waals surface area contributed by atoms with E-state index in [0.29, 0.717) is 19.8 Å². The predicted octanol–water partition coefficient (Wildman–Crippen LogP) is 1.81. The van der Waals surface area contributed by atoms with Gasteiger partial charge in [-0.25, -0.2) is 0 Å². The van der Waals surface area contributed by atoms with Crippen LogP contribution in [0.3, 0.4) is 0 Å². The zero-order valence-electron chi connectivity index (χ0n) is 15.5. The van der Waals surface area contributed by atoms with Crippen molar-refractivity contribution in [3.8, 4) is 0 Å². The third kappa shape index (κ3) is 11.2. The summed E-state index contributed by atoms with van der Waals surface area (Å²) in [7, 11) is -2.50. The highest BCUT2D eigenvalue weighted by atomic mass is 28.4. The van der Waals surface area contributed by atoms with Gasteiger partial charge in [-0.1, -0.05) is 0 Å². The summed E-state index contributed by atoms with van der Waals surface area (Å²) < 4.78 is 17.7. The molecule has 7 heteroatoms. The van der Waals surface area contributed by atoms with Crippen LogP contribution in [0.15, 0.2) is 0 Å². The monoisotopic (exact) mass is 349 g/mol. The highest BCUT2D eigenvalue weighted by molar-refractivity contribution is 6.60. The fourth-order valence-electron chi connectivity index (χ4n) is 2.65. The minimum absolute atomic E-state index is 0.639.